The van der Waals surface area contributed by atoms with Crippen molar-refractivity contribution < 1.29 is 19.1 Å². The van der Waals surface area contributed by atoms with E-state index in [-0.39, 0.29) is 12.4 Å². The van der Waals surface area contributed by atoms with Crippen LogP contribution in [0.4, 0.5) is 5.69 Å². The molecule has 0 radical (unpaired) electrons. The topological polar surface area (TPSA) is 77.5 Å². The molecule has 0 aliphatic carbocycles. The Hall–Kier alpha value is -2.29. The summed E-state index contributed by atoms with van der Waals surface area (Å²) < 4.78 is 12.1. The van der Waals surface area contributed by atoms with Crippen LogP contribution in [0.25, 0.3) is 10.2 Å². The number of carbonyl (C=O) groups excluding carboxylic acids is 2. The van der Waals surface area contributed by atoms with Gasteiger partial charge in [0.1, 0.15) is 5.75 Å². The molecule has 3 rings (SSSR count). The highest BCUT2D eigenvalue weighted by Crippen LogP contribution is 2.31. The molecule has 3 aromatic rings. The van der Waals surface area contributed by atoms with Crippen molar-refractivity contribution >= 4 is 62.5 Å². The van der Waals surface area contributed by atoms with Crippen LogP contribution in [0, 0.1) is 6.92 Å². The van der Waals surface area contributed by atoms with E-state index in [2.05, 4.69) is 10.3 Å². The number of nitrogens with zero attached hydrogens (tertiary/aromatic N) is 1. The fourth-order valence-corrected chi connectivity index (χ4v) is 4.36. The highest BCUT2D eigenvalue weighted by Gasteiger charge is 2.13. The number of para-hydroxylation sites is 1. The van der Waals surface area contributed by atoms with Crippen molar-refractivity contribution in [2.75, 3.05) is 24.8 Å². The lowest BCUT2D eigenvalue weighted by Crippen LogP contribution is -2.22. The number of hydrogen-bond donors (Lipinski definition) is 1. The van der Waals surface area contributed by atoms with Crippen molar-refractivity contribution in [3.05, 3.63) is 47.0 Å². The predicted octanol–water partition coefficient (Wildman–Crippen LogP) is 4.54. The second-order valence-electron chi connectivity index (χ2n) is 5.75. The number of thiazole rings is 1. The first kappa shape index (κ1) is 20.4. The minimum atomic E-state index is -0.487. The monoisotopic (exact) mass is 436 g/mol. The first-order chi connectivity index (χ1) is 13.5. The number of nitrogens with one attached hydrogen (secondary N) is 1. The van der Waals surface area contributed by atoms with Gasteiger partial charge in [-0.05, 0) is 30.7 Å². The highest BCUT2D eigenvalue weighted by atomic mass is 35.5. The number of thioether (sulfide) groups is 1. The fraction of sp³-hybridized carbons (Fsp3) is 0.211. The maximum atomic E-state index is 12.1. The number of aromatic nitrogens is 1. The molecule has 2 aromatic carbocycles. The smallest absolute Gasteiger partial charge is 0.316 e. The van der Waals surface area contributed by atoms with Gasteiger partial charge in [0.25, 0.3) is 5.91 Å². The van der Waals surface area contributed by atoms with Gasteiger partial charge in [-0.1, -0.05) is 35.5 Å². The van der Waals surface area contributed by atoms with Gasteiger partial charge in [0.05, 0.1) is 28.8 Å². The SMILES string of the molecule is COc1cc(Cl)c(C)cc1NC(=O)COC(=O)CSc1nc2ccccc2s1. The Morgan fingerprint density at radius 3 is 2.82 bits per heavy atom. The van der Waals surface area contributed by atoms with Crippen molar-refractivity contribution in [1.29, 1.82) is 0 Å². The number of aryl methyl sites for hydroxylation is 1. The zero-order valence-corrected chi connectivity index (χ0v) is 17.5. The van der Waals surface area contributed by atoms with E-state index in [9.17, 15) is 9.59 Å². The molecule has 1 N–H and O–H groups in total. The summed E-state index contributed by atoms with van der Waals surface area (Å²) in [5, 5.41) is 3.19. The lowest BCUT2D eigenvalue weighted by Gasteiger charge is -2.12. The van der Waals surface area contributed by atoms with Crippen molar-refractivity contribution in [1.82, 2.24) is 4.98 Å². The van der Waals surface area contributed by atoms with E-state index in [4.69, 9.17) is 21.1 Å². The summed E-state index contributed by atoms with van der Waals surface area (Å²) in [5.41, 5.74) is 2.16. The quantitative estimate of drug-likeness (QED) is 0.432. The van der Waals surface area contributed by atoms with Crippen LogP contribution in [0.3, 0.4) is 0 Å². The summed E-state index contributed by atoms with van der Waals surface area (Å²) in [5.74, 6) is -0.435. The summed E-state index contributed by atoms with van der Waals surface area (Å²) in [4.78, 5) is 28.4. The van der Waals surface area contributed by atoms with Crippen LogP contribution in [0.1, 0.15) is 5.56 Å². The first-order valence-electron chi connectivity index (χ1n) is 8.24. The number of carbonyl (C=O) groups is 2. The molecule has 0 saturated carbocycles. The van der Waals surface area contributed by atoms with Crippen LogP contribution in [0.15, 0.2) is 40.7 Å². The molecule has 0 bridgehead atoms. The summed E-state index contributed by atoms with van der Waals surface area (Å²) in [6, 6.07) is 11.1. The van der Waals surface area contributed by atoms with Gasteiger partial charge in [0.15, 0.2) is 10.9 Å². The highest BCUT2D eigenvalue weighted by molar-refractivity contribution is 8.01. The fourth-order valence-electron chi connectivity index (χ4n) is 2.34. The zero-order valence-electron chi connectivity index (χ0n) is 15.2. The molecule has 0 spiro atoms. The Morgan fingerprint density at radius 2 is 2.07 bits per heavy atom. The number of esters is 1. The van der Waals surface area contributed by atoms with E-state index < -0.39 is 11.9 Å². The maximum absolute atomic E-state index is 12.1. The summed E-state index contributed by atoms with van der Waals surface area (Å²) in [7, 11) is 1.48. The number of hydrogen-bond acceptors (Lipinski definition) is 7. The Morgan fingerprint density at radius 1 is 1.29 bits per heavy atom. The summed E-state index contributed by atoms with van der Waals surface area (Å²) in [6.45, 7) is 1.43. The van der Waals surface area contributed by atoms with Gasteiger partial charge < -0.3 is 14.8 Å². The van der Waals surface area contributed by atoms with Crippen LogP contribution < -0.4 is 10.1 Å². The third-order valence-corrected chi connectivity index (χ3v) is 6.27. The molecule has 9 heteroatoms. The van der Waals surface area contributed by atoms with Crippen LogP contribution in [-0.2, 0) is 14.3 Å². The van der Waals surface area contributed by atoms with E-state index in [1.54, 1.807) is 12.1 Å². The van der Waals surface area contributed by atoms with Gasteiger partial charge in [-0.2, -0.15) is 0 Å². The van der Waals surface area contributed by atoms with Crippen molar-refractivity contribution in [3.8, 4) is 5.75 Å². The second kappa shape index (κ2) is 9.27. The third-order valence-electron chi connectivity index (χ3n) is 3.71. The molecule has 0 atom stereocenters. The molecule has 6 nitrogen and oxygen atoms in total. The number of benzene rings is 2. The number of methoxy groups -OCH3 is 1. The van der Waals surface area contributed by atoms with E-state index in [1.807, 2.05) is 31.2 Å². The van der Waals surface area contributed by atoms with Crippen molar-refractivity contribution in [2.24, 2.45) is 0 Å². The molecule has 0 aliphatic rings. The number of rotatable bonds is 7. The average Bonchev–Trinajstić information content (AvgIpc) is 3.10. The molecule has 0 saturated heterocycles. The zero-order chi connectivity index (χ0) is 20.1. The van der Waals surface area contributed by atoms with Crippen molar-refractivity contribution in [2.45, 2.75) is 11.3 Å². The molecule has 1 heterocycles. The van der Waals surface area contributed by atoms with Gasteiger partial charge >= 0.3 is 5.97 Å². The van der Waals surface area contributed by atoms with E-state index in [0.717, 1.165) is 20.1 Å². The average molecular weight is 437 g/mol. The Kier molecular flexibility index (Phi) is 6.77. The van der Waals surface area contributed by atoms with Crippen LogP contribution in [0.5, 0.6) is 5.75 Å². The number of amides is 1. The number of halogens is 1. The van der Waals surface area contributed by atoms with Crippen LogP contribution in [-0.4, -0.2) is 36.3 Å². The predicted molar refractivity (Wildman–Crippen MR) is 113 cm³/mol. The Labute approximate surface area is 175 Å². The Bertz CT molecular complexity index is 989. The van der Waals surface area contributed by atoms with Crippen LogP contribution in [0.2, 0.25) is 5.02 Å². The second-order valence-corrected chi connectivity index (χ2v) is 8.41. The van der Waals surface area contributed by atoms with E-state index >= 15 is 0 Å². The number of ether oxygens (including phenoxy) is 2. The molecule has 1 amide bonds. The molecule has 0 unspecified atom stereocenters. The number of fused-ring (bicyclic) bond motifs is 1. The molecular formula is C19H17ClN2O4S2. The third kappa shape index (κ3) is 5.15. The largest absolute Gasteiger partial charge is 0.495 e. The molecule has 146 valence electrons. The molecular weight excluding hydrogens is 420 g/mol. The lowest BCUT2D eigenvalue weighted by atomic mass is 10.2. The minimum Gasteiger partial charge on any atom is -0.495 e. The molecule has 0 fully saturated rings. The summed E-state index contributed by atoms with van der Waals surface area (Å²) in [6.07, 6.45) is 0. The maximum Gasteiger partial charge on any atom is 0.316 e. The van der Waals surface area contributed by atoms with Gasteiger partial charge in [-0.25, -0.2) is 4.98 Å². The van der Waals surface area contributed by atoms with E-state index in [1.165, 1.54) is 30.2 Å². The lowest BCUT2D eigenvalue weighted by molar-refractivity contribution is -0.144. The summed E-state index contributed by atoms with van der Waals surface area (Å²) >= 11 is 8.84. The Balaban J connectivity index is 1.49. The normalized spacial score (nSPS) is 10.7. The molecule has 28 heavy (non-hydrogen) atoms. The van der Waals surface area contributed by atoms with E-state index in [0.29, 0.717) is 16.5 Å². The van der Waals surface area contributed by atoms with Gasteiger partial charge in [-0.15, -0.1) is 11.3 Å². The minimum absolute atomic E-state index is 0.0798. The molecule has 1 aromatic heterocycles. The van der Waals surface area contributed by atoms with Gasteiger partial charge in [-0.3, -0.25) is 9.59 Å². The molecule has 0 aliphatic heterocycles. The standard InChI is InChI=1S/C19H17ClN2O4S2/c1-11-7-14(15(25-2)8-12(11)20)21-17(23)9-26-18(24)10-27-19-22-13-5-3-4-6-16(13)28-19/h3-8H,9-10H2,1-2H3,(H,21,23). The van der Waals surface area contributed by atoms with Gasteiger partial charge in [0.2, 0.25) is 0 Å². The number of anilines is 1. The van der Waals surface area contributed by atoms with Gasteiger partial charge in [0, 0.05) is 11.1 Å². The first-order valence-corrected chi connectivity index (χ1v) is 10.4. The van der Waals surface area contributed by atoms with Crippen LogP contribution >= 0.6 is 34.7 Å². The van der Waals surface area contributed by atoms with Crippen molar-refractivity contribution in [3.63, 3.8) is 0 Å².